The first-order valence-electron chi connectivity index (χ1n) is 13.0. The summed E-state index contributed by atoms with van der Waals surface area (Å²) in [4.78, 5) is 28.3. The fourth-order valence-corrected chi connectivity index (χ4v) is 5.82. The summed E-state index contributed by atoms with van der Waals surface area (Å²) in [7, 11) is 0.175. The van der Waals surface area contributed by atoms with E-state index >= 15 is 0 Å². The molecule has 3 aromatic carbocycles. The van der Waals surface area contributed by atoms with Crippen LogP contribution in [0.2, 0.25) is 0 Å². The molecule has 40 heavy (non-hydrogen) atoms. The van der Waals surface area contributed by atoms with Gasteiger partial charge in [-0.2, -0.15) is 0 Å². The van der Waals surface area contributed by atoms with Gasteiger partial charge in [0.25, 0.3) is 10.0 Å². The number of carbonyl (C=O) groups is 2. The number of ether oxygens (including phenoxy) is 2. The van der Waals surface area contributed by atoms with E-state index in [1.165, 1.54) is 44.4 Å². The first-order chi connectivity index (χ1) is 19.2. The zero-order valence-electron chi connectivity index (χ0n) is 23.6. The molecule has 3 aromatic rings. The summed E-state index contributed by atoms with van der Waals surface area (Å²) in [5.74, 6) is -0.202. The third kappa shape index (κ3) is 7.12. The third-order valence-corrected chi connectivity index (χ3v) is 8.43. The molecule has 0 aliphatic rings. The summed E-state index contributed by atoms with van der Waals surface area (Å²) in [6.07, 6.45) is 0.848. The maximum absolute atomic E-state index is 14.1. The van der Waals surface area contributed by atoms with Crippen molar-refractivity contribution in [1.82, 2.24) is 10.2 Å². The predicted octanol–water partition coefficient (Wildman–Crippen LogP) is 3.80. The van der Waals surface area contributed by atoms with Gasteiger partial charge in [-0.3, -0.25) is 13.9 Å². The van der Waals surface area contributed by atoms with E-state index in [2.05, 4.69) is 5.32 Å². The number of anilines is 1. The van der Waals surface area contributed by atoms with Crippen molar-refractivity contribution in [2.24, 2.45) is 0 Å². The molecule has 0 aliphatic heterocycles. The Bertz CT molecular complexity index is 1390. The van der Waals surface area contributed by atoms with Gasteiger partial charge in [0.1, 0.15) is 24.1 Å². The maximum Gasteiger partial charge on any atom is 0.264 e. The van der Waals surface area contributed by atoms with Crippen LogP contribution in [0.25, 0.3) is 0 Å². The predicted molar refractivity (Wildman–Crippen MR) is 155 cm³/mol. The molecular weight excluding hydrogens is 530 g/mol. The van der Waals surface area contributed by atoms with Gasteiger partial charge >= 0.3 is 0 Å². The van der Waals surface area contributed by atoms with E-state index < -0.39 is 28.5 Å². The molecule has 1 unspecified atom stereocenters. The van der Waals surface area contributed by atoms with Crippen LogP contribution in [0.3, 0.4) is 0 Å². The molecule has 10 heteroatoms. The van der Waals surface area contributed by atoms with E-state index in [4.69, 9.17) is 9.47 Å². The quantitative estimate of drug-likeness (QED) is 0.337. The van der Waals surface area contributed by atoms with Gasteiger partial charge in [0, 0.05) is 19.7 Å². The summed E-state index contributed by atoms with van der Waals surface area (Å²) in [5.41, 5.74) is 2.03. The Morgan fingerprint density at radius 2 is 1.62 bits per heavy atom. The Morgan fingerprint density at radius 3 is 2.20 bits per heavy atom. The van der Waals surface area contributed by atoms with E-state index in [0.29, 0.717) is 18.6 Å². The molecule has 0 fully saturated rings. The number of hydrogen-bond donors (Lipinski definition) is 1. The van der Waals surface area contributed by atoms with Gasteiger partial charge in [0.15, 0.2) is 0 Å². The normalized spacial score (nSPS) is 11.8. The molecule has 2 amide bonds. The van der Waals surface area contributed by atoms with Crippen molar-refractivity contribution >= 4 is 27.5 Å². The van der Waals surface area contributed by atoms with Crippen LogP contribution >= 0.6 is 0 Å². The van der Waals surface area contributed by atoms with E-state index in [1.54, 1.807) is 24.3 Å². The summed E-state index contributed by atoms with van der Waals surface area (Å²) < 4.78 is 40.0. The number of nitrogens with one attached hydrogen (secondary N) is 1. The van der Waals surface area contributed by atoms with Gasteiger partial charge in [-0.25, -0.2) is 8.42 Å². The molecule has 0 radical (unpaired) electrons. The summed E-state index contributed by atoms with van der Waals surface area (Å²) in [6.45, 7) is 3.34. The van der Waals surface area contributed by atoms with E-state index in [9.17, 15) is 18.0 Å². The van der Waals surface area contributed by atoms with Crippen LogP contribution in [0.1, 0.15) is 24.5 Å². The number of carbonyl (C=O) groups excluding carboxylic acids is 2. The standard InChI is InChI=1S/C30H37N3O6S/c1-6-26(30(35)31-3)32(19-18-23-10-8-7-9-11-23)29(34)21-33(27-20-24(38-4)14-17-28(27)39-5)40(36,37)25-15-12-22(2)13-16-25/h7-17,20,26H,6,18-19,21H2,1-5H3,(H,31,35). The molecule has 0 heterocycles. The summed E-state index contributed by atoms with van der Waals surface area (Å²) in [5, 5.41) is 2.63. The second kappa shape index (κ2) is 13.8. The SMILES string of the molecule is CCC(C(=O)NC)N(CCc1ccccc1)C(=O)CN(c1cc(OC)ccc1OC)S(=O)(=O)c1ccc(C)cc1. The van der Waals surface area contributed by atoms with Crippen LogP contribution < -0.4 is 19.1 Å². The lowest BCUT2D eigenvalue weighted by Gasteiger charge is -2.33. The smallest absolute Gasteiger partial charge is 0.264 e. The molecule has 0 saturated heterocycles. The van der Waals surface area contributed by atoms with E-state index in [0.717, 1.165) is 15.4 Å². The molecule has 1 atom stereocenters. The number of rotatable bonds is 13. The van der Waals surface area contributed by atoms with Crippen LogP contribution in [0.4, 0.5) is 5.69 Å². The molecule has 0 bridgehead atoms. The second-order valence-electron chi connectivity index (χ2n) is 9.22. The Hall–Kier alpha value is -4.05. The van der Waals surface area contributed by atoms with E-state index in [1.807, 2.05) is 44.2 Å². The highest BCUT2D eigenvalue weighted by Gasteiger charge is 2.34. The highest BCUT2D eigenvalue weighted by Crippen LogP contribution is 2.36. The molecule has 0 spiro atoms. The zero-order chi connectivity index (χ0) is 29.3. The average Bonchev–Trinajstić information content (AvgIpc) is 2.97. The minimum absolute atomic E-state index is 0.0185. The molecule has 3 rings (SSSR count). The van der Waals surface area contributed by atoms with Crippen molar-refractivity contribution in [2.75, 3.05) is 38.7 Å². The Kier molecular flexibility index (Phi) is 10.6. The lowest BCUT2D eigenvalue weighted by atomic mass is 10.1. The number of amides is 2. The first-order valence-corrected chi connectivity index (χ1v) is 14.5. The minimum atomic E-state index is -4.23. The van der Waals surface area contributed by atoms with Crippen molar-refractivity contribution in [3.8, 4) is 11.5 Å². The number of sulfonamides is 1. The van der Waals surface area contributed by atoms with E-state index in [-0.39, 0.29) is 28.8 Å². The summed E-state index contributed by atoms with van der Waals surface area (Å²) in [6, 6.07) is 20.0. The zero-order valence-corrected chi connectivity index (χ0v) is 24.4. The third-order valence-electron chi connectivity index (χ3n) is 6.66. The Labute approximate surface area is 236 Å². The number of hydrogen-bond acceptors (Lipinski definition) is 6. The number of aryl methyl sites for hydroxylation is 1. The minimum Gasteiger partial charge on any atom is -0.497 e. The molecule has 0 aliphatic carbocycles. The van der Waals surface area contributed by atoms with Gasteiger partial charge in [-0.05, 0) is 49.6 Å². The highest BCUT2D eigenvalue weighted by molar-refractivity contribution is 7.92. The average molecular weight is 568 g/mol. The number of methoxy groups -OCH3 is 2. The lowest BCUT2D eigenvalue weighted by Crippen LogP contribution is -2.52. The molecule has 0 saturated carbocycles. The Morgan fingerprint density at radius 1 is 0.950 bits per heavy atom. The number of benzene rings is 3. The fraction of sp³-hybridized carbons (Fsp3) is 0.333. The van der Waals surface area contributed by atoms with Gasteiger partial charge < -0.3 is 19.7 Å². The van der Waals surface area contributed by atoms with Crippen molar-refractivity contribution in [2.45, 2.75) is 37.6 Å². The van der Waals surface area contributed by atoms with Crippen molar-refractivity contribution < 1.29 is 27.5 Å². The van der Waals surface area contributed by atoms with Crippen molar-refractivity contribution in [1.29, 1.82) is 0 Å². The number of nitrogens with zero attached hydrogens (tertiary/aromatic N) is 2. The van der Waals surface area contributed by atoms with Crippen LogP contribution in [0.5, 0.6) is 11.5 Å². The summed E-state index contributed by atoms with van der Waals surface area (Å²) >= 11 is 0. The topological polar surface area (TPSA) is 105 Å². The molecule has 1 N–H and O–H groups in total. The van der Waals surface area contributed by atoms with Crippen LogP contribution in [-0.4, -0.2) is 65.5 Å². The van der Waals surface area contributed by atoms with Crippen LogP contribution in [0.15, 0.2) is 77.7 Å². The van der Waals surface area contributed by atoms with Gasteiger partial charge in [0.2, 0.25) is 11.8 Å². The monoisotopic (exact) mass is 567 g/mol. The highest BCUT2D eigenvalue weighted by atomic mass is 32.2. The fourth-order valence-electron chi connectivity index (χ4n) is 4.40. The number of likely N-dealkylation sites (N-methyl/N-ethyl adjacent to an activating group) is 1. The van der Waals surface area contributed by atoms with Gasteiger partial charge in [-0.15, -0.1) is 0 Å². The molecule has 214 valence electrons. The molecular formula is C30H37N3O6S. The first kappa shape index (κ1) is 30.5. The van der Waals surface area contributed by atoms with Crippen molar-refractivity contribution in [3.63, 3.8) is 0 Å². The van der Waals surface area contributed by atoms with Crippen LogP contribution in [0, 0.1) is 6.92 Å². The van der Waals surface area contributed by atoms with Crippen molar-refractivity contribution in [3.05, 3.63) is 83.9 Å². The van der Waals surface area contributed by atoms with Crippen LogP contribution in [-0.2, 0) is 26.0 Å². The largest absolute Gasteiger partial charge is 0.497 e. The molecule has 9 nitrogen and oxygen atoms in total. The molecule has 0 aromatic heterocycles. The van der Waals surface area contributed by atoms with Gasteiger partial charge in [-0.1, -0.05) is 55.0 Å². The second-order valence-corrected chi connectivity index (χ2v) is 11.1. The lowest BCUT2D eigenvalue weighted by molar-refractivity contribution is -0.139. The Balaban J connectivity index is 2.10. The van der Waals surface area contributed by atoms with Gasteiger partial charge in [0.05, 0.1) is 24.8 Å². The maximum atomic E-state index is 14.1.